The highest BCUT2D eigenvalue weighted by atomic mass is 35.5. The number of carbonyl (C=O) groups excluding carboxylic acids is 1. The molecule has 1 aliphatic rings. The van der Waals surface area contributed by atoms with Crippen LogP contribution in [0.5, 0.6) is 0 Å². The minimum Gasteiger partial charge on any atom is -0.322 e. The van der Waals surface area contributed by atoms with Gasteiger partial charge in [-0.3, -0.25) is 4.79 Å². The maximum Gasteiger partial charge on any atom is 0.295 e. The maximum atomic E-state index is 12.2. The molecule has 1 heterocycles. The number of amides is 1. The number of nitrogens with zero attached hydrogens (tertiary/aromatic N) is 1. The first-order valence-corrected chi connectivity index (χ1v) is 11.0. The van der Waals surface area contributed by atoms with Crippen molar-refractivity contribution in [3.8, 4) is 0 Å². The lowest BCUT2D eigenvalue weighted by molar-refractivity contribution is -1.02. The van der Waals surface area contributed by atoms with Crippen LogP contribution in [0.2, 0.25) is 5.02 Å². The van der Waals surface area contributed by atoms with E-state index in [0.717, 1.165) is 43.3 Å². The van der Waals surface area contributed by atoms with Crippen molar-refractivity contribution in [3.05, 3.63) is 70.2 Å². The second kappa shape index (κ2) is 10.2. The van der Waals surface area contributed by atoms with Gasteiger partial charge in [0.05, 0.1) is 6.21 Å². The van der Waals surface area contributed by atoms with E-state index in [1.54, 1.807) is 6.21 Å². The first-order chi connectivity index (χ1) is 14.3. The molecule has 160 valence electrons. The quantitative estimate of drug-likeness (QED) is 0.468. The Bertz CT molecular complexity index is 866. The summed E-state index contributed by atoms with van der Waals surface area (Å²) in [5.41, 5.74) is 6.25. The third kappa shape index (κ3) is 6.66. The molecule has 0 unspecified atom stereocenters. The zero-order chi connectivity index (χ0) is 21.6. The van der Waals surface area contributed by atoms with Gasteiger partial charge in [-0.1, -0.05) is 74.8 Å². The van der Waals surface area contributed by atoms with Gasteiger partial charge in [0.15, 0.2) is 6.54 Å². The molecule has 0 aromatic heterocycles. The Morgan fingerprint density at radius 1 is 1.03 bits per heavy atom. The Labute approximate surface area is 184 Å². The lowest BCUT2D eigenvalue weighted by atomic mass is 9.87. The third-order valence-electron chi connectivity index (χ3n) is 5.65. The zero-order valence-corrected chi connectivity index (χ0v) is 18.9. The fraction of sp³-hybridized carbons (Fsp3) is 0.417. The molecule has 0 bridgehead atoms. The Kier molecular flexibility index (Phi) is 7.64. The van der Waals surface area contributed by atoms with Crippen molar-refractivity contribution in [2.75, 3.05) is 32.7 Å². The monoisotopic (exact) mass is 428 g/mol. The molecule has 30 heavy (non-hydrogen) atoms. The van der Waals surface area contributed by atoms with E-state index in [9.17, 15) is 4.79 Å². The SMILES string of the molecule is CC(C)(C)c1ccc(C=NNC(=O)C[NH+]2CC[NH+](Cc3ccccc3Cl)CC2)cc1. The van der Waals surface area contributed by atoms with Gasteiger partial charge >= 0.3 is 0 Å². The summed E-state index contributed by atoms with van der Waals surface area (Å²) >= 11 is 6.28. The number of benzene rings is 2. The molecule has 0 spiro atoms. The van der Waals surface area contributed by atoms with Crippen LogP contribution >= 0.6 is 11.6 Å². The van der Waals surface area contributed by atoms with Crippen LogP contribution < -0.4 is 15.2 Å². The standard InChI is InChI=1S/C24H31ClN4O/c1-24(2,3)21-10-8-19(9-11-21)16-26-27-23(30)18-29-14-12-28(13-15-29)17-20-6-4-5-7-22(20)25/h4-11,16H,12-15,17-18H2,1-3H3,(H,27,30)/p+2. The van der Waals surface area contributed by atoms with E-state index >= 15 is 0 Å². The summed E-state index contributed by atoms with van der Waals surface area (Å²) in [4.78, 5) is 15.1. The number of hydrogen-bond acceptors (Lipinski definition) is 2. The topological polar surface area (TPSA) is 50.3 Å². The van der Waals surface area contributed by atoms with Crippen molar-refractivity contribution in [3.63, 3.8) is 0 Å². The Hall–Kier alpha value is -2.21. The van der Waals surface area contributed by atoms with Crippen molar-refractivity contribution in [2.24, 2.45) is 5.10 Å². The van der Waals surface area contributed by atoms with Gasteiger partial charge in [-0.15, -0.1) is 0 Å². The number of piperazine rings is 1. The van der Waals surface area contributed by atoms with Gasteiger partial charge in [-0.2, -0.15) is 5.10 Å². The van der Waals surface area contributed by atoms with Gasteiger partial charge in [0.1, 0.15) is 32.7 Å². The molecule has 0 atom stereocenters. The van der Waals surface area contributed by atoms with Gasteiger partial charge in [-0.25, -0.2) is 5.43 Å². The van der Waals surface area contributed by atoms with E-state index in [0.29, 0.717) is 6.54 Å². The third-order valence-corrected chi connectivity index (χ3v) is 6.02. The maximum absolute atomic E-state index is 12.2. The highest BCUT2D eigenvalue weighted by molar-refractivity contribution is 6.31. The van der Waals surface area contributed by atoms with E-state index in [2.05, 4.69) is 49.5 Å². The predicted octanol–water partition coefficient (Wildman–Crippen LogP) is 1.07. The highest BCUT2D eigenvalue weighted by Crippen LogP contribution is 2.21. The van der Waals surface area contributed by atoms with Gasteiger partial charge in [0, 0.05) is 10.6 Å². The fourth-order valence-electron chi connectivity index (χ4n) is 3.74. The van der Waals surface area contributed by atoms with Crippen LogP contribution in [0.15, 0.2) is 53.6 Å². The van der Waals surface area contributed by atoms with Crippen LogP contribution in [-0.4, -0.2) is 44.8 Å². The smallest absolute Gasteiger partial charge is 0.295 e. The first-order valence-electron chi connectivity index (χ1n) is 10.6. The summed E-state index contributed by atoms with van der Waals surface area (Å²) in [6.45, 7) is 12.0. The molecule has 3 rings (SSSR count). The lowest BCUT2D eigenvalue weighted by Crippen LogP contribution is -3.28. The van der Waals surface area contributed by atoms with E-state index in [1.165, 1.54) is 20.9 Å². The molecule has 1 fully saturated rings. The minimum atomic E-state index is -0.0397. The van der Waals surface area contributed by atoms with Crippen LogP contribution in [0.3, 0.4) is 0 Å². The number of quaternary nitrogens is 2. The predicted molar refractivity (Wildman–Crippen MR) is 122 cm³/mol. The van der Waals surface area contributed by atoms with Crippen LogP contribution in [0, 0.1) is 0 Å². The molecule has 3 N–H and O–H groups in total. The first kappa shape index (κ1) is 22.5. The average molecular weight is 429 g/mol. The van der Waals surface area contributed by atoms with Crippen molar-refractivity contribution >= 4 is 23.7 Å². The van der Waals surface area contributed by atoms with Gasteiger partial charge in [0.25, 0.3) is 5.91 Å². The summed E-state index contributed by atoms with van der Waals surface area (Å²) in [5, 5.41) is 4.96. The molecule has 2 aromatic carbocycles. The molecular weight excluding hydrogens is 396 g/mol. The summed E-state index contributed by atoms with van der Waals surface area (Å²) in [5.74, 6) is -0.0397. The zero-order valence-electron chi connectivity index (χ0n) is 18.2. The van der Waals surface area contributed by atoms with E-state index in [4.69, 9.17) is 11.6 Å². The second-order valence-electron chi connectivity index (χ2n) is 9.11. The highest BCUT2D eigenvalue weighted by Gasteiger charge is 2.25. The van der Waals surface area contributed by atoms with Crippen LogP contribution in [0.25, 0.3) is 0 Å². The Balaban J connectivity index is 1.39. The van der Waals surface area contributed by atoms with Crippen molar-refractivity contribution in [1.82, 2.24) is 5.43 Å². The molecule has 5 nitrogen and oxygen atoms in total. The summed E-state index contributed by atoms with van der Waals surface area (Å²) in [6, 6.07) is 16.3. The molecule has 6 heteroatoms. The molecule has 1 amide bonds. The van der Waals surface area contributed by atoms with E-state index in [1.807, 2.05) is 30.3 Å². The summed E-state index contributed by atoms with van der Waals surface area (Å²) in [7, 11) is 0. The lowest BCUT2D eigenvalue weighted by Gasteiger charge is -2.29. The summed E-state index contributed by atoms with van der Waals surface area (Å²) in [6.07, 6.45) is 1.70. The number of carbonyl (C=O) groups is 1. The molecule has 1 saturated heterocycles. The van der Waals surface area contributed by atoms with Crippen LogP contribution in [0.1, 0.15) is 37.5 Å². The van der Waals surface area contributed by atoms with E-state index in [-0.39, 0.29) is 11.3 Å². The molecule has 2 aromatic rings. The number of hydrazone groups is 1. The van der Waals surface area contributed by atoms with Crippen LogP contribution in [-0.2, 0) is 16.8 Å². The average Bonchev–Trinajstić information content (AvgIpc) is 2.71. The molecule has 0 aliphatic carbocycles. The van der Waals surface area contributed by atoms with Crippen molar-refractivity contribution in [2.45, 2.75) is 32.7 Å². The largest absolute Gasteiger partial charge is 0.322 e. The fourth-order valence-corrected chi connectivity index (χ4v) is 3.94. The Morgan fingerprint density at radius 3 is 2.30 bits per heavy atom. The Morgan fingerprint density at radius 2 is 1.67 bits per heavy atom. The van der Waals surface area contributed by atoms with Gasteiger partial charge in [0.2, 0.25) is 0 Å². The minimum absolute atomic E-state index is 0.0397. The molecule has 1 aliphatic heterocycles. The molecular formula is C24H33ClN4O+2. The van der Waals surface area contributed by atoms with Gasteiger partial charge < -0.3 is 9.80 Å². The second-order valence-corrected chi connectivity index (χ2v) is 9.52. The normalized spacial score (nSPS) is 19.7. The number of nitrogens with one attached hydrogen (secondary N) is 3. The number of rotatable bonds is 6. The summed E-state index contributed by atoms with van der Waals surface area (Å²) < 4.78 is 0. The van der Waals surface area contributed by atoms with E-state index < -0.39 is 0 Å². The number of halogens is 1. The van der Waals surface area contributed by atoms with Crippen molar-refractivity contribution in [1.29, 1.82) is 0 Å². The van der Waals surface area contributed by atoms with Crippen molar-refractivity contribution < 1.29 is 14.6 Å². The number of hydrogen-bond donors (Lipinski definition) is 3. The van der Waals surface area contributed by atoms with Gasteiger partial charge in [-0.05, 0) is 22.6 Å². The van der Waals surface area contributed by atoms with Crippen LogP contribution in [0.4, 0.5) is 0 Å². The molecule has 0 saturated carbocycles. The molecule has 0 radical (unpaired) electrons.